The maximum atomic E-state index is 12.2. The zero-order valence-electron chi connectivity index (χ0n) is 14.1. The Balaban J connectivity index is 2.91. The zero-order valence-corrected chi connectivity index (χ0v) is 14.1. The van der Waals surface area contributed by atoms with Crippen molar-refractivity contribution in [1.82, 2.24) is 4.90 Å². The maximum absolute atomic E-state index is 12.2. The molecule has 0 aromatic rings. The van der Waals surface area contributed by atoms with E-state index in [-0.39, 0.29) is 38.5 Å². The number of carbonyl (C=O) groups excluding carboxylic acids is 3. The molecule has 1 heterocycles. The molecule has 23 heavy (non-hydrogen) atoms. The number of ketones is 1. The highest BCUT2D eigenvalue weighted by molar-refractivity contribution is 6.02. The number of hydrogen-bond donors (Lipinski definition) is 0. The first kappa shape index (κ1) is 19.5. The first-order chi connectivity index (χ1) is 11.0. The third kappa shape index (κ3) is 5.26. The second-order valence-electron chi connectivity index (χ2n) is 5.10. The van der Waals surface area contributed by atoms with Gasteiger partial charge in [0.2, 0.25) is 0 Å². The Morgan fingerprint density at radius 2 is 1.70 bits per heavy atom. The highest BCUT2D eigenvalue weighted by Gasteiger charge is 2.43. The Morgan fingerprint density at radius 1 is 1.13 bits per heavy atom. The van der Waals surface area contributed by atoms with Crippen molar-refractivity contribution in [2.45, 2.75) is 32.6 Å². The maximum Gasteiger partial charge on any atom is 0.323 e. The van der Waals surface area contributed by atoms with Gasteiger partial charge >= 0.3 is 11.9 Å². The normalized spacial score (nSPS) is 22.2. The van der Waals surface area contributed by atoms with Crippen molar-refractivity contribution < 1.29 is 33.3 Å². The molecule has 0 radical (unpaired) electrons. The van der Waals surface area contributed by atoms with E-state index in [1.54, 1.807) is 18.7 Å². The van der Waals surface area contributed by atoms with Crippen LogP contribution in [-0.2, 0) is 33.3 Å². The van der Waals surface area contributed by atoms with E-state index >= 15 is 0 Å². The Hall–Kier alpha value is -1.51. The van der Waals surface area contributed by atoms with Gasteiger partial charge in [0.05, 0.1) is 19.8 Å². The molecule has 0 N–H and O–H groups in total. The van der Waals surface area contributed by atoms with E-state index in [2.05, 4.69) is 0 Å². The third-order valence-corrected chi connectivity index (χ3v) is 3.68. The summed E-state index contributed by atoms with van der Waals surface area (Å²) < 4.78 is 20.2. The van der Waals surface area contributed by atoms with Crippen LogP contribution in [0.4, 0.5) is 0 Å². The summed E-state index contributed by atoms with van der Waals surface area (Å²) in [7, 11) is 2.96. The number of likely N-dealkylation sites (tertiary alicyclic amines) is 1. The molecular weight excluding hydrogens is 306 g/mol. The fourth-order valence-corrected chi connectivity index (χ4v) is 2.48. The zero-order chi connectivity index (χ0) is 17.4. The van der Waals surface area contributed by atoms with E-state index in [4.69, 9.17) is 18.9 Å². The van der Waals surface area contributed by atoms with Crippen LogP contribution in [0.1, 0.15) is 20.3 Å². The molecular formula is C15H25NO7. The average molecular weight is 331 g/mol. The molecule has 1 aliphatic rings. The smallest absolute Gasteiger partial charge is 0.323 e. The van der Waals surface area contributed by atoms with E-state index in [0.29, 0.717) is 0 Å². The van der Waals surface area contributed by atoms with Gasteiger partial charge in [0, 0.05) is 27.2 Å². The summed E-state index contributed by atoms with van der Waals surface area (Å²) in [5.74, 6) is -2.29. The highest BCUT2D eigenvalue weighted by atomic mass is 16.7. The van der Waals surface area contributed by atoms with Crippen molar-refractivity contribution in [3.63, 3.8) is 0 Å². The van der Waals surface area contributed by atoms with Crippen molar-refractivity contribution in [2.75, 3.05) is 40.5 Å². The summed E-state index contributed by atoms with van der Waals surface area (Å²) in [5, 5.41) is 0. The lowest BCUT2D eigenvalue weighted by molar-refractivity contribution is -0.168. The van der Waals surface area contributed by atoms with Gasteiger partial charge in [0.25, 0.3) is 0 Å². The number of ether oxygens (including phenoxy) is 4. The van der Waals surface area contributed by atoms with Crippen LogP contribution in [0.3, 0.4) is 0 Å². The van der Waals surface area contributed by atoms with Gasteiger partial charge < -0.3 is 18.9 Å². The number of methoxy groups -OCH3 is 2. The van der Waals surface area contributed by atoms with Crippen molar-refractivity contribution in [3.05, 3.63) is 0 Å². The molecule has 0 aromatic carbocycles. The Morgan fingerprint density at radius 3 is 2.22 bits per heavy atom. The second kappa shape index (κ2) is 9.59. The van der Waals surface area contributed by atoms with E-state index < -0.39 is 30.2 Å². The summed E-state index contributed by atoms with van der Waals surface area (Å²) in [4.78, 5) is 37.9. The minimum Gasteiger partial charge on any atom is -0.465 e. The molecule has 8 nitrogen and oxygen atoms in total. The molecule has 1 rings (SSSR count). The lowest BCUT2D eigenvalue weighted by Crippen LogP contribution is -2.56. The minimum atomic E-state index is -0.907. The van der Waals surface area contributed by atoms with E-state index in [1.165, 1.54) is 14.2 Å². The van der Waals surface area contributed by atoms with Crippen LogP contribution in [0.5, 0.6) is 0 Å². The third-order valence-electron chi connectivity index (χ3n) is 3.68. The van der Waals surface area contributed by atoms with E-state index in [1.807, 2.05) is 0 Å². The molecule has 0 spiro atoms. The van der Waals surface area contributed by atoms with Crippen LogP contribution in [0.2, 0.25) is 0 Å². The predicted octanol–water partition coefficient (Wildman–Crippen LogP) is -0.00890. The molecule has 0 aliphatic carbocycles. The van der Waals surface area contributed by atoms with Crippen LogP contribution in [0.25, 0.3) is 0 Å². The molecule has 1 fully saturated rings. The van der Waals surface area contributed by atoms with E-state index in [0.717, 1.165) is 0 Å². The van der Waals surface area contributed by atoms with Crippen LogP contribution in [0, 0.1) is 5.92 Å². The van der Waals surface area contributed by atoms with Gasteiger partial charge in [-0.15, -0.1) is 0 Å². The van der Waals surface area contributed by atoms with Crippen molar-refractivity contribution in [2.24, 2.45) is 5.92 Å². The topological polar surface area (TPSA) is 91.4 Å². The van der Waals surface area contributed by atoms with Gasteiger partial charge in [-0.25, -0.2) is 0 Å². The molecule has 8 heteroatoms. The highest BCUT2D eigenvalue weighted by Crippen LogP contribution is 2.22. The molecule has 2 unspecified atom stereocenters. The summed E-state index contributed by atoms with van der Waals surface area (Å²) >= 11 is 0. The molecule has 0 aromatic heterocycles. The molecule has 1 saturated heterocycles. The van der Waals surface area contributed by atoms with Crippen molar-refractivity contribution in [3.8, 4) is 0 Å². The van der Waals surface area contributed by atoms with Crippen LogP contribution in [-0.4, -0.2) is 75.5 Å². The van der Waals surface area contributed by atoms with Gasteiger partial charge in [-0.3, -0.25) is 19.3 Å². The van der Waals surface area contributed by atoms with E-state index in [9.17, 15) is 14.4 Å². The largest absolute Gasteiger partial charge is 0.465 e. The second-order valence-corrected chi connectivity index (χ2v) is 5.10. The number of nitrogens with zero attached hydrogens (tertiary/aromatic N) is 1. The fraction of sp³-hybridized carbons (Fsp3) is 0.800. The van der Waals surface area contributed by atoms with Crippen molar-refractivity contribution >= 4 is 17.7 Å². The number of Topliss-reactive ketones (excluding diaryl/α,β-unsaturated/α-hetero) is 1. The van der Waals surface area contributed by atoms with Gasteiger partial charge in [-0.1, -0.05) is 0 Å². The molecule has 2 atom stereocenters. The first-order valence-corrected chi connectivity index (χ1v) is 7.64. The predicted molar refractivity (Wildman–Crippen MR) is 79.5 cm³/mol. The standard InChI is InChI=1S/C15H25NO7/c1-5-22-14(18)10-8-16(9-13(20-3)21-4)11(7-12(10)17)15(19)23-6-2/h10-11,13H,5-9H2,1-4H3. The van der Waals surface area contributed by atoms with Gasteiger partial charge in [-0.2, -0.15) is 0 Å². The summed E-state index contributed by atoms with van der Waals surface area (Å²) in [6.45, 7) is 4.10. The van der Waals surface area contributed by atoms with Crippen LogP contribution in [0.15, 0.2) is 0 Å². The Bertz CT molecular complexity index is 422. The van der Waals surface area contributed by atoms with Crippen LogP contribution < -0.4 is 0 Å². The van der Waals surface area contributed by atoms with Gasteiger partial charge in [0.1, 0.15) is 12.0 Å². The number of esters is 2. The quantitative estimate of drug-likeness (QED) is 0.348. The SMILES string of the molecule is CCOC(=O)C1CN(CC(OC)OC)C(C(=O)OCC)CC1=O. The van der Waals surface area contributed by atoms with Crippen molar-refractivity contribution in [1.29, 1.82) is 0 Å². The number of hydrogen-bond acceptors (Lipinski definition) is 8. The lowest BCUT2D eigenvalue weighted by Gasteiger charge is -2.37. The van der Waals surface area contributed by atoms with Crippen LogP contribution >= 0.6 is 0 Å². The molecule has 0 amide bonds. The molecule has 1 aliphatic heterocycles. The summed E-state index contributed by atoms with van der Waals surface area (Å²) in [6, 6.07) is -0.749. The number of rotatable bonds is 8. The van der Waals surface area contributed by atoms with Gasteiger partial charge in [0.15, 0.2) is 12.1 Å². The summed E-state index contributed by atoms with van der Waals surface area (Å²) in [6.07, 6.45) is -0.675. The lowest BCUT2D eigenvalue weighted by atomic mass is 9.91. The number of carbonyl (C=O) groups is 3. The summed E-state index contributed by atoms with van der Waals surface area (Å²) in [5.41, 5.74) is 0. The van der Waals surface area contributed by atoms with Gasteiger partial charge in [-0.05, 0) is 13.8 Å². The first-order valence-electron chi connectivity index (χ1n) is 7.64. The Kier molecular flexibility index (Phi) is 8.15. The molecule has 0 saturated carbocycles. The average Bonchev–Trinajstić information content (AvgIpc) is 2.53. The molecule has 132 valence electrons. The molecule has 0 bridgehead atoms. The Labute approximate surface area is 136 Å². The number of piperidine rings is 1. The monoisotopic (exact) mass is 331 g/mol. The fourth-order valence-electron chi connectivity index (χ4n) is 2.48. The minimum absolute atomic E-state index is 0.0738.